The van der Waals surface area contributed by atoms with Crippen molar-refractivity contribution in [1.82, 2.24) is 4.98 Å². The molecule has 5 nitrogen and oxygen atoms in total. The number of esters is 1. The van der Waals surface area contributed by atoms with E-state index in [0.717, 1.165) is 21.8 Å². The highest BCUT2D eigenvalue weighted by molar-refractivity contribution is 7.13. The SMILES string of the molecule is Cc1ccc(C)c(NC(=O)[C@@H](C)OC(=O)c2sc(C)nc2C)c1. The van der Waals surface area contributed by atoms with E-state index in [1.54, 1.807) is 13.8 Å². The summed E-state index contributed by atoms with van der Waals surface area (Å²) in [6, 6.07) is 5.80. The van der Waals surface area contributed by atoms with E-state index in [0.29, 0.717) is 10.6 Å². The van der Waals surface area contributed by atoms with Gasteiger partial charge in [0.25, 0.3) is 5.91 Å². The minimum Gasteiger partial charge on any atom is -0.448 e. The Kier molecular flexibility index (Phi) is 5.15. The van der Waals surface area contributed by atoms with Crippen LogP contribution in [0.2, 0.25) is 0 Å². The summed E-state index contributed by atoms with van der Waals surface area (Å²) >= 11 is 1.27. The topological polar surface area (TPSA) is 68.3 Å². The summed E-state index contributed by atoms with van der Waals surface area (Å²) in [6.07, 6.45) is -0.885. The third-order valence-electron chi connectivity index (χ3n) is 3.39. The second-order valence-corrected chi connectivity index (χ2v) is 6.71. The average Bonchev–Trinajstić information content (AvgIpc) is 2.81. The van der Waals surface area contributed by atoms with Crippen LogP contribution in [0.15, 0.2) is 18.2 Å². The van der Waals surface area contributed by atoms with E-state index in [9.17, 15) is 9.59 Å². The first kappa shape index (κ1) is 17.1. The average molecular weight is 332 g/mol. The maximum Gasteiger partial charge on any atom is 0.351 e. The molecule has 0 spiro atoms. The lowest BCUT2D eigenvalue weighted by Gasteiger charge is -2.14. The van der Waals surface area contributed by atoms with Gasteiger partial charge in [-0.3, -0.25) is 4.79 Å². The highest BCUT2D eigenvalue weighted by Crippen LogP contribution is 2.20. The standard InChI is InChI=1S/C17H20N2O3S/c1-9-6-7-10(2)14(8-9)19-16(20)12(4)22-17(21)15-11(3)18-13(5)23-15/h6-8,12H,1-5H3,(H,19,20)/t12-/m1/s1. The summed E-state index contributed by atoms with van der Waals surface area (Å²) in [4.78, 5) is 29.0. The van der Waals surface area contributed by atoms with Gasteiger partial charge in [-0.05, 0) is 51.8 Å². The van der Waals surface area contributed by atoms with Crippen LogP contribution in [0.1, 0.15) is 38.4 Å². The van der Waals surface area contributed by atoms with Gasteiger partial charge in [-0.25, -0.2) is 9.78 Å². The molecule has 0 aliphatic carbocycles. The maximum atomic E-state index is 12.2. The number of aryl methyl sites for hydroxylation is 4. The van der Waals surface area contributed by atoms with Crippen LogP contribution in [-0.4, -0.2) is 23.0 Å². The molecule has 1 heterocycles. The third kappa shape index (κ3) is 4.16. The van der Waals surface area contributed by atoms with Crippen molar-refractivity contribution in [2.75, 3.05) is 5.32 Å². The monoisotopic (exact) mass is 332 g/mol. The Morgan fingerprint density at radius 2 is 1.91 bits per heavy atom. The van der Waals surface area contributed by atoms with Crippen LogP contribution in [0.25, 0.3) is 0 Å². The van der Waals surface area contributed by atoms with E-state index in [4.69, 9.17) is 4.74 Å². The molecule has 0 unspecified atom stereocenters. The van der Waals surface area contributed by atoms with E-state index in [1.807, 2.05) is 39.0 Å². The molecule has 6 heteroatoms. The summed E-state index contributed by atoms with van der Waals surface area (Å²) in [7, 11) is 0. The summed E-state index contributed by atoms with van der Waals surface area (Å²) < 4.78 is 5.25. The van der Waals surface area contributed by atoms with E-state index < -0.39 is 12.1 Å². The number of hydrogen-bond donors (Lipinski definition) is 1. The number of nitrogens with zero attached hydrogens (tertiary/aromatic N) is 1. The Hall–Kier alpha value is -2.21. The van der Waals surface area contributed by atoms with Gasteiger partial charge >= 0.3 is 5.97 Å². The molecule has 2 rings (SSSR count). The van der Waals surface area contributed by atoms with Crippen molar-refractivity contribution in [2.45, 2.75) is 40.7 Å². The molecule has 0 radical (unpaired) electrons. The lowest BCUT2D eigenvalue weighted by Crippen LogP contribution is -2.30. The van der Waals surface area contributed by atoms with Crippen LogP contribution < -0.4 is 5.32 Å². The van der Waals surface area contributed by atoms with Gasteiger partial charge in [0, 0.05) is 5.69 Å². The molecule has 0 saturated heterocycles. The van der Waals surface area contributed by atoms with Crippen molar-refractivity contribution in [3.8, 4) is 0 Å². The predicted molar refractivity (Wildman–Crippen MR) is 91.0 cm³/mol. The molecule has 1 N–H and O–H groups in total. The summed E-state index contributed by atoms with van der Waals surface area (Å²) in [6.45, 7) is 9.00. The first-order chi connectivity index (χ1) is 10.8. The molecule has 0 aliphatic rings. The van der Waals surface area contributed by atoms with Crippen molar-refractivity contribution in [3.63, 3.8) is 0 Å². The number of rotatable bonds is 4. The third-order valence-corrected chi connectivity index (χ3v) is 4.45. The second kappa shape index (κ2) is 6.91. The first-order valence-corrected chi connectivity index (χ1v) is 8.12. The minimum absolute atomic E-state index is 0.356. The van der Waals surface area contributed by atoms with Crippen LogP contribution in [0.3, 0.4) is 0 Å². The Balaban J connectivity index is 2.04. The number of amides is 1. The number of nitrogens with one attached hydrogen (secondary N) is 1. The maximum absolute atomic E-state index is 12.2. The molecule has 1 aromatic heterocycles. The van der Waals surface area contributed by atoms with Crippen molar-refractivity contribution in [3.05, 3.63) is 44.9 Å². The summed E-state index contributed by atoms with van der Waals surface area (Å²) in [5.74, 6) is -0.873. The number of carbonyl (C=O) groups excluding carboxylic acids is 2. The van der Waals surface area contributed by atoms with Crippen LogP contribution >= 0.6 is 11.3 Å². The quantitative estimate of drug-likeness (QED) is 0.869. The Morgan fingerprint density at radius 3 is 2.52 bits per heavy atom. The van der Waals surface area contributed by atoms with Gasteiger partial charge in [-0.1, -0.05) is 12.1 Å². The van der Waals surface area contributed by atoms with E-state index in [-0.39, 0.29) is 5.91 Å². The number of benzene rings is 1. The molecule has 1 atom stereocenters. The smallest absolute Gasteiger partial charge is 0.351 e. The first-order valence-electron chi connectivity index (χ1n) is 7.31. The fourth-order valence-corrected chi connectivity index (χ4v) is 2.90. The fraction of sp³-hybridized carbons (Fsp3) is 0.353. The van der Waals surface area contributed by atoms with Crippen LogP contribution in [0, 0.1) is 27.7 Å². The number of aromatic nitrogens is 1. The van der Waals surface area contributed by atoms with Gasteiger partial charge in [0.05, 0.1) is 10.7 Å². The van der Waals surface area contributed by atoms with Gasteiger partial charge in [0.1, 0.15) is 4.88 Å². The molecule has 1 amide bonds. The number of carbonyl (C=O) groups is 2. The van der Waals surface area contributed by atoms with E-state index in [2.05, 4.69) is 10.3 Å². The molecule has 23 heavy (non-hydrogen) atoms. The largest absolute Gasteiger partial charge is 0.448 e. The van der Waals surface area contributed by atoms with Gasteiger partial charge in [0.15, 0.2) is 6.10 Å². The normalized spacial score (nSPS) is 11.9. The highest BCUT2D eigenvalue weighted by atomic mass is 32.1. The molecule has 0 saturated carbocycles. The summed E-state index contributed by atoms with van der Waals surface area (Å²) in [5, 5.41) is 3.59. The predicted octanol–water partition coefficient (Wildman–Crippen LogP) is 3.56. The van der Waals surface area contributed by atoms with Gasteiger partial charge in [0.2, 0.25) is 0 Å². The molecule has 122 valence electrons. The number of hydrogen-bond acceptors (Lipinski definition) is 5. The zero-order valence-electron chi connectivity index (χ0n) is 13.9. The molecule has 2 aromatic rings. The van der Waals surface area contributed by atoms with Gasteiger partial charge in [-0.15, -0.1) is 11.3 Å². The molecule has 1 aromatic carbocycles. The van der Waals surface area contributed by atoms with Crippen molar-refractivity contribution >= 4 is 28.9 Å². The van der Waals surface area contributed by atoms with E-state index >= 15 is 0 Å². The lowest BCUT2D eigenvalue weighted by atomic mass is 10.1. The Labute approximate surface area is 139 Å². The van der Waals surface area contributed by atoms with Crippen LogP contribution in [-0.2, 0) is 9.53 Å². The Bertz CT molecular complexity index is 752. The summed E-state index contributed by atoms with van der Waals surface area (Å²) in [5.41, 5.74) is 3.35. The minimum atomic E-state index is -0.885. The lowest BCUT2D eigenvalue weighted by molar-refractivity contribution is -0.123. The number of anilines is 1. The van der Waals surface area contributed by atoms with Crippen molar-refractivity contribution < 1.29 is 14.3 Å². The van der Waals surface area contributed by atoms with Crippen LogP contribution in [0.4, 0.5) is 5.69 Å². The molecular formula is C17H20N2O3S. The molecule has 0 bridgehead atoms. The fourth-order valence-electron chi connectivity index (χ4n) is 2.09. The zero-order chi connectivity index (χ0) is 17.1. The second-order valence-electron chi connectivity index (χ2n) is 5.50. The van der Waals surface area contributed by atoms with Crippen LogP contribution in [0.5, 0.6) is 0 Å². The highest BCUT2D eigenvalue weighted by Gasteiger charge is 2.22. The molecular weight excluding hydrogens is 312 g/mol. The molecule has 0 fully saturated rings. The van der Waals surface area contributed by atoms with E-state index in [1.165, 1.54) is 11.3 Å². The van der Waals surface area contributed by atoms with Gasteiger partial charge in [-0.2, -0.15) is 0 Å². The molecule has 0 aliphatic heterocycles. The zero-order valence-corrected chi connectivity index (χ0v) is 14.7. The number of thiazole rings is 1. The Morgan fingerprint density at radius 1 is 1.22 bits per heavy atom. The van der Waals surface area contributed by atoms with Crippen molar-refractivity contribution in [2.24, 2.45) is 0 Å². The van der Waals surface area contributed by atoms with Crippen molar-refractivity contribution in [1.29, 1.82) is 0 Å². The number of ether oxygens (including phenoxy) is 1. The van der Waals surface area contributed by atoms with Gasteiger partial charge < -0.3 is 10.1 Å².